The molecule has 2 N–H and O–H groups in total. The van der Waals surface area contributed by atoms with Gasteiger partial charge < -0.3 is 10.1 Å². The monoisotopic (exact) mass is 354 g/mol. The Balaban J connectivity index is 1.91. The fraction of sp³-hybridized carbons (Fsp3) is 0.529. The molecule has 0 aromatic heterocycles. The molecule has 0 aliphatic carbocycles. The third kappa shape index (κ3) is 5.47. The second-order valence-corrected chi connectivity index (χ2v) is 6.52. The average molecular weight is 355 g/mol. The maximum Gasteiger partial charge on any atom is 0.266 e. The molecule has 0 spiro atoms. The number of ether oxygens (including phenoxy) is 1. The summed E-state index contributed by atoms with van der Waals surface area (Å²) in [5.74, 6) is -0.840. The van der Waals surface area contributed by atoms with Gasteiger partial charge in [-0.15, -0.1) is 0 Å². The van der Waals surface area contributed by atoms with E-state index in [2.05, 4.69) is 10.8 Å². The van der Waals surface area contributed by atoms with Crippen molar-refractivity contribution >= 4 is 23.4 Å². The summed E-state index contributed by atoms with van der Waals surface area (Å²) in [5.41, 5.74) is 2.84. The van der Waals surface area contributed by atoms with Crippen LogP contribution in [0.1, 0.15) is 43.5 Å². The first-order valence-electron chi connectivity index (χ1n) is 8.11. The molecule has 0 radical (unpaired) electrons. The van der Waals surface area contributed by atoms with E-state index >= 15 is 0 Å². The molecule has 2 unspecified atom stereocenters. The van der Waals surface area contributed by atoms with Gasteiger partial charge >= 0.3 is 0 Å². The predicted octanol–water partition coefficient (Wildman–Crippen LogP) is 2.67. The molecule has 2 amide bonds. The van der Waals surface area contributed by atoms with Gasteiger partial charge in [0.2, 0.25) is 0 Å². The van der Waals surface area contributed by atoms with E-state index in [1.54, 1.807) is 24.3 Å². The van der Waals surface area contributed by atoms with Gasteiger partial charge in [0.15, 0.2) is 6.29 Å². The highest BCUT2D eigenvalue weighted by Gasteiger charge is 2.26. The highest BCUT2D eigenvalue weighted by molar-refractivity contribution is 6.30. The van der Waals surface area contributed by atoms with E-state index in [1.807, 2.05) is 13.8 Å². The smallest absolute Gasteiger partial charge is 0.266 e. The van der Waals surface area contributed by atoms with E-state index in [1.165, 1.54) is 0 Å². The summed E-state index contributed by atoms with van der Waals surface area (Å²) in [6.45, 7) is 4.33. The molecule has 0 saturated carbocycles. The van der Waals surface area contributed by atoms with E-state index in [4.69, 9.17) is 21.2 Å². The van der Waals surface area contributed by atoms with Crippen molar-refractivity contribution in [1.82, 2.24) is 10.8 Å². The van der Waals surface area contributed by atoms with Crippen molar-refractivity contribution in [3.05, 3.63) is 34.9 Å². The van der Waals surface area contributed by atoms with Crippen molar-refractivity contribution in [2.45, 2.75) is 45.4 Å². The Bertz CT molecular complexity index is 556. The zero-order valence-electron chi connectivity index (χ0n) is 13.9. The largest absolute Gasteiger partial charge is 0.350 e. The average Bonchev–Trinajstić information content (AvgIpc) is 2.58. The standard InChI is InChI=1S/C17H23ClN2O4/c1-11(2)15(17(22)20-24-14-5-3-4-10-23-14)19-16(21)12-6-8-13(18)9-7-12/h6-9,11,14-15H,3-5,10H2,1-2H3,(H,19,21)(H,20,22). The minimum atomic E-state index is -0.711. The molecule has 1 aromatic carbocycles. The molecule has 2 atom stereocenters. The van der Waals surface area contributed by atoms with Crippen LogP contribution in [0.2, 0.25) is 5.02 Å². The third-order valence-electron chi connectivity index (χ3n) is 3.77. The van der Waals surface area contributed by atoms with Crippen molar-refractivity contribution in [1.29, 1.82) is 0 Å². The highest BCUT2D eigenvalue weighted by Crippen LogP contribution is 2.13. The number of nitrogens with one attached hydrogen (secondary N) is 2. The Morgan fingerprint density at radius 2 is 1.96 bits per heavy atom. The van der Waals surface area contributed by atoms with Crippen LogP contribution in [0.4, 0.5) is 0 Å². The molecule has 2 rings (SSSR count). The Morgan fingerprint density at radius 1 is 1.25 bits per heavy atom. The Kier molecular flexibility index (Phi) is 7.02. The number of hydroxylamine groups is 1. The second-order valence-electron chi connectivity index (χ2n) is 6.08. The lowest BCUT2D eigenvalue weighted by molar-refractivity contribution is -0.201. The van der Waals surface area contributed by atoms with E-state index < -0.39 is 18.2 Å². The van der Waals surface area contributed by atoms with Gasteiger partial charge in [-0.1, -0.05) is 25.4 Å². The van der Waals surface area contributed by atoms with E-state index in [0.29, 0.717) is 17.2 Å². The first kappa shape index (κ1) is 18.7. The zero-order valence-corrected chi connectivity index (χ0v) is 14.6. The van der Waals surface area contributed by atoms with E-state index in [-0.39, 0.29) is 11.8 Å². The van der Waals surface area contributed by atoms with Gasteiger partial charge in [-0.2, -0.15) is 0 Å². The predicted molar refractivity (Wildman–Crippen MR) is 90.4 cm³/mol. The quantitative estimate of drug-likeness (QED) is 0.770. The summed E-state index contributed by atoms with van der Waals surface area (Å²) in [6, 6.07) is 5.77. The molecule has 1 saturated heterocycles. The summed E-state index contributed by atoms with van der Waals surface area (Å²) < 4.78 is 5.39. The molecule has 0 bridgehead atoms. The number of amides is 2. The fourth-order valence-corrected chi connectivity index (χ4v) is 2.48. The van der Waals surface area contributed by atoms with Gasteiger partial charge in [-0.05, 0) is 43.0 Å². The summed E-state index contributed by atoms with van der Waals surface area (Å²) in [5, 5.41) is 3.27. The van der Waals surface area contributed by atoms with Crippen molar-refractivity contribution in [2.75, 3.05) is 6.61 Å². The van der Waals surface area contributed by atoms with Gasteiger partial charge in [0.25, 0.3) is 11.8 Å². The minimum Gasteiger partial charge on any atom is -0.350 e. The molecule has 1 heterocycles. The summed E-state index contributed by atoms with van der Waals surface area (Å²) in [6.07, 6.45) is 2.31. The summed E-state index contributed by atoms with van der Waals surface area (Å²) in [4.78, 5) is 29.9. The topological polar surface area (TPSA) is 76.7 Å². The van der Waals surface area contributed by atoms with Crippen LogP contribution in [0.5, 0.6) is 0 Å². The molecule has 132 valence electrons. The lowest BCUT2D eigenvalue weighted by Gasteiger charge is -2.25. The van der Waals surface area contributed by atoms with Gasteiger partial charge in [-0.3, -0.25) is 9.59 Å². The van der Waals surface area contributed by atoms with Gasteiger partial charge in [0.05, 0.1) is 0 Å². The zero-order chi connectivity index (χ0) is 17.5. The number of halogens is 1. The van der Waals surface area contributed by atoms with Crippen molar-refractivity contribution < 1.29 is 19.2 Å². The van der Waals surface area contributed by atoms with Crippen LogP contribution in [0.25, 0.3) is 0 Å². The molecule has 1 aromatic rings. The van der Waals surface area contributed by atoms with Crippen LogP contribution in [-0.2, 0) is 14.4 Å². The Hall–Kier alpha value is -1.63. The number of hydrogen-bond donors (Lipinski definition) is 2. The number of carbonyl (C=O) groups excluding carboxylic acids is 2. The molecule has 1 aliphatic heterocycles. The minimum absolute atomic E-state index is 0.0999. The number of rotatable bonds is 6. The van der Waals surface area contributed by atoms with Crippen LogP contribution in [0.15, 0.2) is 24.3 Å². The van der Waals surface area contributed by atoms with Crippen LogP contribution < -0.4 is 10.8 Å². The number of carbonyl (C=O) groups is 2. The van der Waals surface area contributed by atoms with Crippen molar-refractivity contribution in [3.63, 3.8) is 0 Å². The summed E-state index contributed by atoms with van der Waals surface area (Å²) >= 11 is 5.81. The van der Waals surface area contributed by atoms with Gasteiger partial charge in [-0.25, -0.2) is 10.3 Å². The molecule has 24 heavy (non-hydrogen) atoms. The summed E-state index contributed by atoms with van der Waals surface area (Å²) in [7, 11) is 0. The molecular weight excluding hydrogens is 332 g/mol. The SMILES string of the molecule is CC(C)C(NC(=O)c1ccc(Cl)cc1)C(=O)NOC1CCCCO1. The highest BCUT2D eigenvalue weighted by atomic mass is 35.5. The molecule has 1 aliphatic rings. The molecule has 1 fully saturated rings. The second kappa shape index (κ2) is 9.01. The maximum absolute atomic E-state index is 12.3. The first-order valence-corrected chi connectivity index (χ1v) is 8.48. The molecular formula is C17H23ClN2O4. The van der Waals surface area contributed by atoms with Crippen LogP contribution >= 0.6 is 11.6 Å². The fourth-order valence-electron chi connectivity index (χ4n) is 2.35. The maximum atomic E-state index is 12.3. The van der Waals surface area contributed by atoms with Crippen LogP contribution in [-0.4, -0.2) is 30.8 Å². The number of hydrogen-bond acceptors (Lipinski definition) is 4. The third-order valence-corrected chi connectivity index (χ3v) is 4.02. The lowest BCUT2D eigenvalue weighted by atomic mass is 10.0. The number of benzene rings is 1. The van der Waals surface area contributed by atoms with Crippen LogP contribution in [0, 0.1) is 5.92 Å². The van der Waals surface area contributed by atoms with Gasteiger partial charge in [0.1, 0.15) is 6.04 Å². The first-order chi connectivity index (χ1) is 11.5. The van der Waals surface area contributed by atoms with E-state index in [0.717, 1.165) is 19.3 Å². The Labute approximate surface area is 146 Å². The lowest BCUT2D eigenvalue weighted by Crippen LogP contribution is -2.50. The Morgan fingerprint density at radius 3 is 2.54 bits per heavy atom. The van der Waals surface area contributed by atoms with Crippen molar-refractivity contribution in [3.8, 4) is 0 Å². The van der Waals surface area contributed by atoms with E-state index in [9.17, 15) is 9.59 Å². The molecule has 7 heteroatoms. The normalized spacial score (nSPS) is 18.9. The molecule has 6 nitrogen and oxygen atoms in total. The van der Waals surface area contributed by atoms with Gasteiger partial charge in [0, 0.05) is 23.6 Å². The van der Waals surface area contributed by atoms with Crippen LogP contribution in [0.3, 0.4) is 0 Å². The van der Waals surface area contributed by atoms with Crippen molar-refractivity contribution in [2.24, 2.45) is 5.92 Å².